The minimum atomic E-state index is -0.830. The Hall–Kier alpha value is -2.57. The molecule has 0 saturated heterocycles. The van der Waals surface area contributed by atoms with Gasteiger partial charge in [-0.05, 0) is 55.2 Å². The van der Waals surface area contributed by atoms with Crippen molar-refractivity contribution in [1.29, 1.82) is 0 Å². The number of rotatable bonds is 4. The lowest BCUT2D eigenvalue weighted by Gasteiger charge is -2.19. The number of aliphatic hydroxyl groups is 2. The van der Waals surface area contributed by atoms with Crippen LogP contribution in [0.4, 0.5) is 11.4 Å². The summed E-state index contributed by atoms with van der Waals surface area (Å²) in [6, 6.07) is 12.4. The highest BCUT2D eigenvalue weighted by molar-refractivity contribution is 5.95. The van der Waals surface area contributed by atoms with Gasteiger partial charge in [0, 0.05) is 5.56 Å². The van der Waals surface area contributed by atoms with Crippen molar-refractivity contribution in [3.63, 3.8) is 0 Å². The number of fused-ring (bicyclic) bond motifs is 2. The van der Waals surface area contributed by atoms with E-state index in [4.69, 9.17) is 0 Å². The Morgan fingerprint density at radius 3 is 2.52 bits per heavy atom. The lowest BCUT2D eigenvalue weighted by atomic mass is 9.99. The van der Waals surface area contributed by atoms with E-state index in [-0.39, 0.29) is 12.5 Å². The second-order valence-electron chi connectivity index (χ2n) is 6.18. The van der Waals surface area contributed by atoms with Crippen molar-refractivity contribution < 1.29 is 15.0 Å². The van der Waals surface area contributed by atoms with E-state index in [1.165, 1.54) is 6.92 Å². The van der Waals surface area contributed by atoms with Crippen molar-refractivity contribution in [3.8, 4) is 0 Å². The van der Waals surface area contributed by atoms with Gasteiger partial charge in [-0.25, -0.2) is 0 Å². The van der Waals surface area contributed by atoms with Gasteiger partial charge in [-0.2, -0.15) is 10.2 Å². The molecule has 6 heteroatoms. The third-order valence-corrected chi connectivity index (χ3v) is 4.36. The molecule has 0 fully saturated rings. The van der Waals surface area contributed by atoms with E-state index >= 15 is 0 Å². The largest absolute Gasteiger partial charge is 0.394 e. The Morgan fingerprint density at radius 2 is 1.80 bits per heavy atom. The molecular weight excluding hydrogens is 318 g/mol. The van der Waals surface area contributed by atoms with Crippen LogP contribution in [0.3, 0.4) is 0 Å². The third-order valence-electron chi connectivity index (χ3n) is 4.36. The van der Waals surface area contributed by atoms with Crippen molar-refractivity contribution >= 4 is 17.3 Å². The van der Waals surface area contributed by atoms with Crippen LogP contribution in [0, 0.1) is 0 Å². The molecule has 130 valence electrons. The maximum absolute atomic E-state index is 12.4. The fourth-order valence-corrected chi connectivity index (χ4v) is 2.79. The number of hydrogen-bond acceptors (Lipinski definition) is 5. The molecule has 0 bridgehead atoms. The van der Waals surface area contributed by atoms with E-state index in [1.54, 1.807) is 18.2 Å². The summed E-state index contributed by atoms with van der Waals surface area (Å²) in [5.41, 5.74) is 4.17. The third kappa shape index (κ3) is 3.92. The van der Waals surface area contributed by atoms with Crippen molar-refractivity contribution in [2.24, 2.45) is 10.2 Å². The maximum atomic E-state index is 12.4. The first-order chi connectivity index (χ1) is 12.1. The molecule has 2 aromatic rings. The fraction of sp³-hybridized carbons (Fsp3) is 0.316. The van der Waals surface area contributed by atoms with Gasteiger partial charge >= 0.3 is 0 Å². The summed E-state index contributed by atoms with van der Waals surface area (Å²) in [5.74, 6) is -0.331. The number of amides is 1. The molecule has 0 aliphatic carbocycles. The molecule has 2 aromatic carbocycles. The van der Waals surface area contributed by atoms with Crippen LogP contribution in [0.1, 0.15) is 28.4 Å². The number of carbonyl (C=O) groups excluding carboxylic acids is 1. The van der Waals surface area contributed by atoms with Crippen LogP contribution in [0.2, 0.25) is 0 Å². The minimum Gasteiger partial charge on any atom is -0.394 e. The molecule has 6 nitrogen and oxygen atoms in total. The number of aliphatic hydroxyl groups excluding tert-OH is 2. The molecule has 0 unspecified atom stereocenters. The monoisotopic (exact) mass is 339 g/mol. The zero-order valence-electron chi connectivity index (χ0n) is 14.0. The van der Waals surface area contributed by atoms with Gasteiger partial charge in [-0.15, -0.1) is 0 Å². The topological polar surface area (TPSA) is 94.3 Å². The van der Waals surface area contributed by atoms with Crippen LogP contribution in [-0.4, -0.2) is 34.9 Å². The second-order valence-corrected chi connectivity index (χ2v) is 6.18. The van der Waals surface area contributed by atoms with Crippen molar-refractivity contribution in [2.45, 2.75) is 31.9 Å². The summed E-state index contributed by atoms with van der Waals surface area (Å²) in [6.07, 6.45) is 0.746. The van der Waals surface area contributed by atoms with E-state index in [0.717, 1.165) is 35.3 Å². The number of hydrogen-bond donors (Lipinski definition) is 3. The average molecular weight is 339 g/mol. The Bertz CT molecular complexity index is 802. The summed E-state index contributed by atoms with van der Waals surface area (Å²) in [4.78, 5) is 12.4. The first kappa shape index (κ1) is 17.3. The Balaban J connectivity index is 1.84. The van der Waals surface area contributed by atoms with E-state index in [9.17, 15) is 15.0 Å². The molecule has 1 amide bonds. The van der Waals surface area contributed by atoms with E-state index in [1.807, 2.05) is 24.3 Å². The summed E-state index contributed by atoms with van der Waals surface area (Å²) in [6.45, 7) is 1.21. The molecule has 1 aliphatic heterocycles. The molecule has 3 N–H and O–H groups in total. The normalized spacial score (nSPS) is 16.6. The standard InChI is InChI=1S/C19H21N3O3/c1-12(24)18(11-23)20-19(25)15-8-9-17-14(10-15)7-6-13-4-2-3-5-16(13)21-22-17/h2-5,8-10,12,18,23-24H,6-7,11H2,1H3,(H,20,25)/b22-21-/t12-,18-/m0/s1. The van der Waals surface area contributed by atoms with Crippen LogP contribution in [-0.2, 0) is 12.8 Å². The number of benzene rings is 2. The fourth-order valence-electron chi connectivity index (χ4n) is 2.79. The van der Waals surface area contributed by atoms with Crippen LogP contribution >= 0.6 is 0 Å². The van der Waals surface area contributed by atoms with Gasteiger partial charge in [0.25, 0.3) is 5.91 Å². The van der Waals surface area contributed by atoms with Gasteiger partial charge in [0.1, 0.15) is 0 Å². The molecule has 0 aromatic heterocycles. The number of aryl methyl sites for hydroxylation is 2. The van der Waals surface area contributed by atoms with Crippen molar-refractivity contribution in [2.75, 3.05) is 6.61 Å². The molecule has 25 heavy (non-hydrogen) atoms. The first-order valence-electron chi connectivity index (χ1n) is 8.31. The Labute approximate surface area is 146 Å². The highest BCUT2D eigenvalue weighted by Gasteiger charge is 2.19. The van der Waals surface area contributed by atoms with Gasteiger partial charge in [-0.3, -0.25) is 4.79 Å². The van der Waals surface area contributed by atoms with Crippen LogP contribution in [0.25, 0.3) is 0 Å². The van der Waals surface area contributed by atoms with Crippen LogP contribution < -0.4 is 5.32 Å². The smallest absolute Gasteiger partial charge is 0.251 e. The van der Waals surface area contributed by atoms with E-state index in [2.05, 4.69) is 15.5 Å². The number of azo groups is 1. The number of nitrogens with one attached hydrogen (secondary N) is 1. The molecule has 0 radical (unpaired) electrons. The second kappa shape index (κ2) is 7.55. The molecule has 1 aliphatic rings. The van der Waals surface area contributed by atoms with E-state index < -0.39 is 12.1 Å². The van der Waals surface area contributed by atoms with Gasteiger partial charge in [0.2, 0.25) is 0 Å². The van der Waals surface area contributed by atoms with Gasteiger partial charge in [-0.1, -0.05) is 18.2 Å². The lowest BCUT2D eigenvalue weighted by molar-refractivity contribution is 0.0758. The predicted molar refractivity (Wildman–Crippen MR) is 94.5 cm³/mol. The zero-order valence-corrected chi connectivity index (χ0v) is 14.0. The number of carbonyl (C=O) groups is 1. The summed E-state index contributed by atoms with van der Waals surface area (Å²) in [7, 11) is 0. The van der Waals surface area contributed by atoms with Crippen LogP contribution in [0.5, 0.6) is 0 Å². The molecule has 1 heterocycles. The highest BCUT2D eigenvalue weighted by atomic mass is 16.3. The first-order valence-corrected chi connectivity index (χ1v) is 8.31. The van der Waals surface area contributed by atoms with Crippen molar-refractivity contribution in [1.82, 2.24) is 5.32 Å². The van der Waals surface area contributed by atoms with Crippen LogP contribution in [0.15, 0.2) is 52.7 Å². The Kier molecular flexibility index (Phi) is 5.21. The predicted octanol–water partition coefficient (Wildman–Crippen LogP) is 2.67. The van der Waals surface area contributed by atoms with Gasteiger partial charge in [0.05, 0.1) is 30.1 Å². The highest BCUT2D eigenvalue weighted by Crippen LogP contribution is 2.30. The molecule has 3 rings (SSSR count). The average Bonchev–Trinajstić information content (AvgIpc) is 2.61. The minimum absolute atomic E-state index is 0.320. The van der Waals surface area contributed by atoms with Crippen molar-refractivity contribution in [3.05, 3.63) is 59.2 Å². The van der Waals surface area contributed by atoms with E-state index in [0.29, 0.717) is 5.56 Å². The number of nitrogens with zero attached hydrogens (tertiary/aromatic N) is 2. The quantitative estimate of drug-likeness (QED) is 0.799. The molecular formula is C19H21N3O3. The summed E-state index contributed by atoms with van der Waals surface area (Å²) < 4.78 is 0. The lowest BCUT2D eigenvalue weighted by Crippen LogP contribution is -2.44. The Morgan fingerprint density at radius 1 is 1.12 bits per heavy atom. The van der Waals surface area contributed by atoms with Gasteiger partial charge < -0.3 is 15.5 Å². The summed E-state index contributed by atoms with van der Waals surface area (Å²) in [5, 5.41) is 30.1. The molecule has 0 saturated carbocycles. The van der Waals surface area contributed by atoms with Gasteiger partial charge in [0.15, 0.2) is 0 Å². The maximum Gasteiger partial charge on any atom is 0.251 e. The molecule has 0 spiro atoms. The summed E-state index contributed by atoms with van der Waals surface area (Å²) >= 11 is 0. The molecule has 2 atom stereocenters. The zero-order chi connectivity index (χ0) is 17.8. The SMILES string of the molecule is C[C@H](O)[C@H](CO)NC(=O)c1ccc2c(c1)CCc1ccccc1/N=N\2.